The average molecular weight is 399 g/mol. The first-order chi connectivity index (χ1) is 12.9. The number of likely N-dealkylation sites (tertiary alicyclic amines) is 1. The molecule has 0 radical (unpaired) electrons. The van der Waals surface area contributed by atoms with Crippen molar-refractivity contribution in [3.63, 3.8) is 0 Å². The van der Waals surface area contributed by atoms with E-state index in [1.54, 1.807) is 13.3 Å². The van der Waals surface area contributed by atoms with Crippen molar-refractivity contribution >= 4 is 9.84 Å². The number of rotatable bonds is 9. The smallest absolute Gasteiger partial charge is 0.228 e. The lowest BCUT2D eigenvalue weighted by Crippen LogP contribution is -2.31. The summed E-state index contributed by atoms with van der Waals surface area (Å²) in [6.07, 6.45) is 7.24. The second-order valence-corrected chi connectivity index (χ2v) is 10.2. The molecule has 1 saturated carbocycles. The molecule has 2 fully saturated rings. The van der Waals surface area contributed by atoms with Crippen LogP contribution in [0.25, 0.3) is 0 Å². The van der Waals surface area contributed by atoms with E-state index in [2.05, 4.69) is 28.9 Å². The predicted molar refractivity (Wildman–Crippen MR) is 106 cm³/mol. The van der Waals surface area contributed by atoms with Gasteiger partial charge < -0.3 is 14.2 Å². The van der Waals surface area contributed by atoms with Crippen LogP contribution in [-0.4, -0.2) is 80.0 Å². The Kier molecular flexibility index (Phi) is 6.94. The van der Waals surface area contributed by atoms with Gasteiger partial charge in [0, 0.05) is 45.9 Å². The summed E-state index contributed by atoms with van der Waals surface area (Å²) in [5.74, 6) is 0. The summed E-state index contributed by atoms with van der Waals surface area (Å²) in [5, 5.41) is 0.00249. The van der Waals surface area contributed by atoms with Crippen LogP contribution in [0, 0.1) is 0 Å². The Morgan fingerprint density at radius 3 is 2.63 bits per heavy atom. The van der Waals surface area contributed by atoms with Gasteiger partial charge in [-0.3, -0.25) is 4.90 Å². The molecule has 0 amide bonds. The van der Waals surface area contributed by atoms with E-state index in [1.165, 1.54) is 0 Å². The summed E-state index contributed by atoms with van der Waals surface area (Å²) in [6, 6.07) is 0.566. The van der Waals surface area contributed by atoms with Gasteiger partial charge >= 0.3 is 0 Å². The van der Waals surface area contributed by atoms with Crippen molar-refractivity contribution < 1.29 is 13.2 Å². The van der Waals surface area contributed by atoms with Crippen LogP contribution in [0.15, 0.2) is 11.4 Å². The molecule has 0 N–H and O–H groups in total. The maximum atomic E-state index is 13.1. The lowest BCUT2D eigenvalue weighted by atomic mass is 10.2. The van der Waals surface area contributed by atoms with Crippen LogP contribution in [0.5, 0.6) is 0 Å². The SMILES string of the molecule is COCCCn1c(CN2CCC(N(C)C)C2)cnc1S(=O)(=O)C1CCCC1. The Balaban J connectivity index is 1.80. The van der Waals surface area contributed by atoms with E-state index in [9.17, 15) is 8.42 Å². The van der Waals surface area contributed by atoms with Crippen LogP contribution in [-0.2, 0) is 27.7 Å². The molecule has 7 nitrogen and oxygen atoms in total. The third-order valence-corrected chi connectivity index (χ3v) is 8.17. The van der Waals surface area contributed by atoms with Gasteiger partial charge in [-0.1, -0.05) is 12.8 Å². The van der Waals surface area contributed by atoms with Crippen LogP contribution in [0.1, 0.15) is 44.2 Å². The Bertz CT molecular complexity index is 711. The van der Waals surface area contributed by atoms with Crippen molar-refractivity contribution in [2.75, 3.05) is 40.9 Å². The number of sulfone groups is 1. The highest BCUT2D eigenvalue weighted by molar-refractivity contribution is 7.91. The van der Waals surface area contributed by atoms with Gasteiger partial charge in [0.05, 0.1) is 17.1 Å². The van der Waals surface area contributed by atoms with Crippen molar-refractivity contribution in [3.8, 4) is 0 Å². The predicted octanol–water partition coefficient (Wildman–Crippen LogP) is 1.77. The number of aromatic nitrogens is 2. The molecule has 1 atom stereocenters. The molecule has 2 aliphatic rings. The van der Waals surface area contributed by atoms with E-state index in [4.69, 9.17) is 4.74 Å². The quantitative estimate of drug-likeness (QED) is 0.591. The molecule has 1 unspecified atom stereocenters. The van der Waals surface area contributed by atoms with E-state index in [0.717, 1.165) is 63.9 Å². The van der Waals surface area contributed by atoms with Gasteiger partial charge in [0.15, 0.2) is 0 Å². The van der Waals surface area contributed by atoms with E-state index in [1.807, 2.05) is 4.57 Å². The molecule has 0 bridgehead atoms. The number of hydrogen-bond acceptors (Lipinski definition) is 6. The largest absolute Gasteiger partial charge is 0.385 e. The van der Waals surface area contributed by atoms with Gasteiger partial charge in [-0.05, 0) is 39.8 Å². The number of methoxy groups -OCH3 is 1. The molecule has 0 aromatic carbocycles. The lowest BCUT2D eigenvalue weighted by Gasteiger charge is -2.21. The van der Waals surface area contributed by atoms with E-state index in [0.29, 0.717) is 19.2 Å². The molecule has 1 aromatic heterocycles. The summed E-state index contributed by atoms with van der Waals surface area (Å²) in [6.45, 7) is 4.06. The number of imidazole rings is 1. The highest BCUT2D eigenvalue weighted by atomic mass is 32.2. The van der Waals surface area contributed by atoms with Crippen LogP contribution >= 0.6 is 0 Å². The summed E-state index contributed by atoms with van der Waals surface area (Å²) in [7, 11) is 2.56. The number of hydrogen-bond donors (Lipinski definition) is 0. The zero-order chi connectivity index (χ0) is 19.4. The molecule has 3 rings (SSSR count). The minimum Gasteiger partial charge on any atom is -0.385 e. The maximum Gasteiger partial charge on any atom is 0.228 e. The first-order valence-corrected chi connectivity index (χ1v) is 11.6. The topological polar surface area (TPSA) is 67.7 Å². The van der Waals surface area contributed by atoms with Gasteiger partial charge in [-0.25, -0.2) is 13.4 Å². The minimum absolute atomic E-state index is 0.265. The minimum atomic E-state index is -3.36. The van der Waals surface area contributed by atoms with Crippen LogP contribution < -0.4 is 0 Å². The Hall–Kier alpha value is -0.960. The van der Waals surface area contributed by atoms with E-state index in [-0.39, 0.29) is 10.4 Å². The molecule has 2 heterocycles. The van der Waals surface area contributed by atoms with Gasteiger partial charge in [0.1, 0.15) is 0 Å². The lowest BCUT2D eigenvalue weighted by molar-refractivity contribution is 0.188. The number of nitrogens with zero attached hydrogens (tertiary/aromatic N) is 4. The van der Waals surface area contributed by atoms with Crippen molar-refractivity contribution in [1.29, 1.82) is 0 Å². The zero-order valence-electron chi connectivity index (χ0n) is 16.9. The Labute approximate surface area is 163 Å². The molecule has 1 aliphatic heterocycles. The summed E-state index contributed by atoms with van der Waals surface area (Å²) >= 11 is 0. The monoisotopic (exact) mass is 398 g/mol. The van der Waals surface area contributed by atoms with Crippen molar-refractivity contribution in [2.45, 2.75) is 68.1 Å². The molecule has 0 spiro atoms. The van der Waals surface area contributed by atoms with Gasteiger partial charge in [0.25, 0.3) is 0 Å². The van der Waals surface area contributed by atoms with Crippen LogP contribution in [0.2, 0.25) is 0 Å². The number of likely N-dealkylation sites (N-methyl/N-ethyl adjacent to an activating group) is 1. The molecule has 154 valence electrons. The Morgan fingerprint density at radius 1 is 1.26 bits per heavy atom. The van der Waals surface area contributed by atoms with Crippen molar-refractivity contribution in [2.24, 2.45) is 0 Å². The molecule has 1 saturated heterocycles. The first-order valence-electron chi connectivity index (χ1n) is 10.1. The average Bonchev–Trinajstić information content (AvgIpc) is 3.37. The molecule has 1 aliphatic carbocycles. The summed E-state index contributed by atoms with van der Waals surface area (Å²) in [5.41, 5.74) is 1.00. The normalized spacial score (nSPS) is 22.3. The second-order valence-electron chi connectivity index (χ2n) is 8.12. The molecule has 1 aromatic rings. The fourth-order valence-electron chi connectivity index (χ4n) is 4.31. The number of ether oxygens (including phenoxy) is 1. The summed E-state index contributed by atoms with van der Waals surface area (Å²) < 4.78 is 33.4. The molecular weight excluding hydrogens is 364 g/mol. The van der Waals surface area contributed by atoms with Crippen molar-refractivity contribution in [3.05, 3.63) is 11.9 Å². The second kappa shape index (κ2) is 9.03. The highest BCUT2D eigenvalue weighted by Gasteiger charge is 2.35. The maximum absolute atomic E-state index is 13.1. The van der Waals surface area contributed by atoms with Crippen LogP contribution in [0.3, 0.4) is 0 Å². The Morgan fingerprint density at radius 2 is 2.00 bits per heavy atom. The molecule has 8 heteroatoms. The van der Waals surface area contributed by atoms with E-state index < -0.39 is 9.84 Å². The highest BCUT2D eigenvalue weighted by Crippen LogP contribution is 2.30. The van der Waals surface area contributed by atoms with E-state index >= 15 is 0 Å². The van der Waals surface area contributed by atoms with Gasteiger partial charge in [-0.2, -0.15) is 0 Å². The summed E-state index contributed by atoms with van der Waals surface area (Å²) in [4.78, 5) is 9.08. The molecule has 27 heavy (non-hydrogen) atoms. The van der Waals surface area contributed by atoms with Crippen molar-refractivity contribution in [1.82, 2.24) is 19.4 Å². The van der Waals surface area contributed by atoms with Gasteiger partial charge in [0.2, 0.25) is 15.0 Å². The standard InChI is InChI=1S/C19H34N4O3S/c1-21(2)16-9-11-22(14-16)15-17-13-20-19(23(17)10-6-12-26-3)27(24,25)18-7-4-5-8-18/h13,16,18H,4-12,14-15H2,1-3H3. The third kappa shape index (κ3) is 4.72. The fourth-order valence-corrected chi connectivity index (χ4v) is 6.27. The fraction of sp³-hybridized carbons (Fsp3) is 0.842. The van der Waals surface area contributed by atoms with Crippen LogP contribution in [0.4, 0.5) is 0 Å². The zero-order valence-corrected chi connectivity index (χ0v) is 17.7. The van der Waals surface area contributed by atoms with Gasteiger partial charge in [-0.15, -0.1) is 0 Å². The first kappa shape index (κ1) is 20.8. The molecular formula is C19H34N4O3S. The third-order valence-electron chi connectivity index (χ3n) is 5.99.